The van der Waals surface area contributed by atoms with Crippen LogP contribution >= 0.6 is 0 Å². The lowest BCUT2D eigenvalue weighted by molar-refractivity contribution is 0.117. The number of halogens is 2. The summed E-state index contributed by atoms with van der Waals surface area (Å²) in [4.78, 5) is 0. The van der Waals surface area contributed by atoms with Gasteiger partial charge in [-0.1, -0.05) is 42.5 Å². The first kappa shape index (κ1) is 10.1. The molecule has 0 saturated heterocycles. The average molecular weight is 207 g/mol. The molecule has 0 radical (unpaired) electrons. The second kappa shape index (κ2) is 3.95. The first-order valence-corrected chi connectivity index (χ1v) is 4.71. The molecule has 0 aliphatic heterocycles. The molecule has 0 unspecified atom stereocenters. The molecule has 3 heteroatoms. The fourth-order valence-electron chi connectivity index (χ4n) is 1.68. The van der Waals surface area contributed by atoms with Crippen molar-refractivity contribution in [2.75, 3.05) is 0 Å². The highest BCUT2D eigenvalue weighted by Crippen LogP contribution is 2.26. The molecule has 0 amide bonds. The predicted molar refractivity (Wildman–Crippen MR) is 56.9 cm³/mol. The monoisotopic (exact) mass is 207 g/mol. The van der Waals surface area contributed by atoms with Gasteiger partial charge in [0.15, 0.2) is 0 Å². The molecule has 2 rings (SSSR count). The van der Waals surface area contributed by atoms with Crippen LogP contribution in [0.1, 0.15) is 11.6 Å². The number of fused-ring (bicyclic) bond motifs is 1. The van der Waals surface area contributed by atoms with Gasteiger partial charge in [0.05, 0.1) is 6.04 Å². The molecule has 1 atom stereocenters. The molecule has 0 bridgehead atoms. The van der Waals surface area contributed by atoms with E-state index in [-0.39, 0.29) is 0 Å². The minimum absolute atomic E-state index is 0.503. The van der Waals surface area contributed by atoms with E-state index in [0.717, 1.165) is 10.8 Å². The Morgan fingerprint density at radius 2 is 1.60 bits per heavy atom. The van der Waals surface area contributed by atoms with Gasteiger partial charge in [-0.25, -0.2) is 8.78 Å². The zero-order valence-corrected chi connectivity index (χ0v) is 8.03. The molecule has 78 valence electrons. The van der Waals surface area contributed by atoms with Crippen molar-refractivity contribution >= 4 is 10.8 Å². The zero-order valence-electron chi connectivity index (χ0n) is 8.03. The van der Waals surface area contributed by atoms with Gasteiger partial charge in [0.1, 0.15) is 0 Å². The van der Waals surface area contributed by atoms with E-state index >= 15 is 0 Å². The van der Waals surface area contributed by atoms with Gasteiger partial charge in [0.2, 0.25) is 0 Å². The van der Waals surface area contributed by atoms with Crippen LogP contribution in [-0.2, 0) is 0 Å². The Morgan fingerprint density at radius 1 is 0.933 bits per heavy atom. The van der Waals surface area contributed by atoms with Crippen LogP contribution in [0, 0.1) is 0 Å². The molecule has 2 N–H and O–H groups in total. The van der Waals surface area contributed by atoms with Gasteiger partial charge in [0.25, 0.3) is 6.43 Å². The van der Waals surface area contributed by atoms with Crippen LogP contribution < -0.4 is 5.73 Å². The van der Waals surface area contributed by atoms with E-state index in [2.05, 4.69) is 0 Å². The van der Waals surface area contributed by atoms with E-state index < -0.39 is 12.5 Å². The topological polar surface area (TPSA) is 26.0 Å². The molecule has 15 heavy (non-hydrogen) atoms. The minimum Gasteiger partial charge on any atom is -0.319 e. The van der Waals surface area contributed by atoms with Crippen molar-refractivity contribution in [2.45, 2.75) is 12.5 Å². The van der Waals surface area contributed by atoms with Gasteiger partial charge in [-0.05, 0) is 16.3 Å². The summed E-state index contributed by atoms with van der Waals surface area (Å²) in [7, 11) is 0. The lowest BCUT2D eigenvalue weighted by atomic mass is 9.99. The fourth-order valence-corrected chi connectivity index (χ4v) is 1.68. The molecule has 0 spiro atoms. The van der Waals surface area contributed by atoms with Crippen LogP contribution in [0.4, 0.5) is 8.78 Å². The Labute approximate surface area is 86.5 Å². The summed E-state index contributed by atoms with van der Waals surface area (Å²) in [6.45, 7) is 0. The number of hydrogen-bond donors (Lipinski definition) is 1. The third-order valence-corrected chi connectivity index (χ3v) is 2.45. The zero-order chi connectivity index (χ0) is 10.8. The molecule has 0 heterocycles. The average Bonchev–Trinajstić information content (AvgIpc) is 2.27. The van der Waals surface area contributed by atoms with Crippen LogP contribution in [0.15, 0.2) is 42.5 Å². The van der Waals surface area contributed by atoms with Crippen molar-refractivity contribution in [3.05, 3.63) is 48.0 Å². The molecule has 0 fully saturated rings. The van der Waals surface area contributed by atoms with Crippen LogP contribution in [0.2, 0.25) is 0 Å². The second-order valence-electron chi connectivity index (χ2n) is 3.43. The maximum atomic E-state index is 12.5. The minimum atomic E-state index is -2.53. The van der Waals surface area contributed by atoms with E-state index in [9.17, 15) is 8.78 Å². The number of rotatable bonds is 2. The second-order valence-corrected chi connectivity index (χ2v) is 3.43. The highest BCUT2D eigenvalue weighted by atomic mass is 19.3. The standard InChI is InChI=1S/C12H11F2N/c13-12(14)11(15)10-7-3-5-8-4-1-2-6-9(8)10/h1-7,11-12H,15H2/t11-/m0/s1. The summed E-state index contributed by atoms with van der Waals surface area (Å²) < 4.78 is 25.0. The van der Waals surface area contributed by atoms with E-state index in [1.165, 1.54) is 0 Å². The highest BCUT2D eigenvalue weighted by molar-refractivity contribution is 5.86. The maximum absolute atomic E-state index is 12.5. The molecule has 0 aliphatic rings. The van der Waals surface area contributed by atoms with Gasteiger partial charge >= 0.3 is 0 Å². The van der Waals surface area contributed by atoms with Gasteiger partial charge in [-0.2, -0.15) is 0 Å². The summed E-state index contributed by atoms with van der Waals surface area (Å²) in [5.41, 5.74) is 5.96. The van der Waals surface area contributed by atoms with Crippen LogP contribution in [0.3, 0.4) is 0 Å². The summed E-state index contributed by atoms with van der Waals surface area (Å²) in [6, 6.07) is 11.5. The van der Waals surface area contributed by atoms with Gasteiger partial charge in [0, 0.05) is 0 Å². The Morgan fingerprint density at radius 3 is 2.33 bits per heavy atom. The Hall–Kier alpha value is -1.48. The van der Waals surface area contributed by atoms with Gasteiger partial charge in [-0.3, -0.25) is 0 Å². The Balaban J connectivity index is 2.60. The molecule has 0 saturated carbocycles. The maximum Gasteiger partial charge on any atom is 0.257 e. The lowest BCUT2D eigenvalue weighted by Gasteiger charge is -2.13. The van der Waals surface area contributed by atoms with Crippen LogP contribution in [-0.4, -0.2) is 6.43 Å². The molecule has 0 aromatic heterocycles. The molecule has 2 aromatic carbocycles. The quantitative estimate of drug-likeness (QED) is 0.804. The normalized spacial score (nSPS) is 13.3. The predicted octanol–water partition coefficient (Wildman–Crippen LogP) is 3.10. The molecule has 0 aliphatic carbocycles. The van der Waals surface area contributed by atoms with E-state index in [0.29, 0.717) is 5.56 Å². The van der Waals surface area contributed by atoms with Crippen molar-refractivity contribution in [1.82, 2.24) is 0 Å². The number of nitrogens with two attached hydrogens (primary N) is 1. The third-order valence-electron chi connectivity index (χ3n) is 2.45. The van der Waals surface area contributed by atoms with E-state index in [1.54, 1.807) is 12.1 Å². The van der Waals surface area contributed by atoms with Gasteiger partial charge in [-0.15, -0.1) is 0 Å². The smallest absolute Gasteiger partial charge is 0.257 e. The van der Waals surface area contributed by atoms with Gasteiger partial charge < -0.3 is 5.73 Å². The summed E-state index contributed by atoms with van der Waals surface area (Å²) in [5, 5.41) is 1.74. The summed E-state index contributed by atoms with van der Waals surface area (Å²) in [5.74, 6) is 0. The fraction of sp³-hybridized carbons (Fsp3) is 0.167. The lowest BCUT2D eigenvalue weighted by Crippen LogP contribution is -2.19. The van der Waals surface area contributed by atoms with E-state index in [1.807, 2.05) is 30.3 Å². The van der Waals surface area contributed by atoms with Crippen LogP contribution in [0.25, 0.3) is 10.8 Å². The highest BCUT2D eigenvalue weighted by Gasteiger charge is 2.18. The van der Waals surface area contributed by atoms with Crippen molar-refractivity contribution < 1.29 is 8.78 Å². The number of benzene rings is 2. The van der Waals surface area contributed by atoms with E-state index in [4.69, 9.17) is 5.73 Å². The number of hydrogen-bond acceptors (Lipinski definition) is 1. The Bertz CT molecular complexity index is 463. The third kappa shape index (κ3) is 1.83. The SMILES string of the molecule is N[C@@H](c1cccc2ccccc12)C(F)F. The van der Waals surface area contributed by atoms with Crippen molar-refractivity contribution in [2.24, 2.45) is 5.73 Å². The summed E-state index contributed by atoms with van der Waals surface area (Å²) in [6.07, 6.45) is -2.53. The molecular formula is C12H11F2N. The van der Waals surface area contributed by atoms with Crippen molar-refractivity contribution in [3.63, 3.8) is 0 Å². The van der Waals surface area contributed by atoms with Crippen LogP contribution in [0.5, 0.6) is 0 Å². The van der Waals surface area contributed by atoms with Crippen molar-refractivity contribution in [1.29, 1.82) is 0 Å². The first-order chi connectivity index (χ1) is 7.20. The molecular weight excluding hydrogens is 196 g/mol. The Kier molecular flexibility index (Phi) is 2.64. The van der Waals surface area contributed by atoms with Crippen molar-refractivity contribution in [3.8, 4) is 0 Å². The molecule has 1 nitrogen and oxygen atoms in total. The summed E-state index contributed by atoms with van der Waals surface area (Å²) >= 11 is 0. The number of alkyl halides is 2. The largest absolute Gasteiger partial charge is 0.319 e. The first-order valence-electron chi connectivity index (χ1n) is 4.71. The molecule has 2 aromatic rings.